The maximum atomic E-state index is 12.6. The Morgan fingerprint density at radius 3 is 2.35 bits per heavy atom. The van der Waals surface area contributed by atoms with Gasteiger partial charge in [-0.3, -0.25) is 9.59 Å². The van der Waals surface area contributed by atoms with Gasteiger partial charge in [-0.05, 0) is 23.6 Å². The summed E-state index contributed by atoms with van der Waals surface area (Å²) in [6, 6.07) is 2.56. The number of hydrogen-bond acceptors (Lipinski definition) is 3. The molecule has 1 aromatic carbocycles. The number of carbonyl (C=O) groups is 2. The average molecular weight is 352 g/mol. The van der Waals surface area contributed by atoms with E-state index in [4.69, 9.17) is 16.3 Å². The maximum absolute atomic E-state index is 12.6. The van der Waals surface area contributed by atoms with E-state index in [0.717, 1.165) is 18.2 Å². The van der Waals surface area contributed by atoms with Crippen LogP contribution in [0.1, 0.15) is 32.8 Å². The molecule has 0 aromatic heterocycles. The molecule has 0 bridgehead atoms. The van der Waals surface area contributed by atoms with Crippen molar-refractivity contribution >= 4 is 29.2 Å². The summed E-state index contributed by atoms with van der Waals surface area (Å²) in [6.07, 6.45) is -4.44. The van der Waals surface area contributed by atoms with E-state index in [1.165, 1.54) is 0 Å². The van der Waals surface area contributed by atoms with Crippen LogP contribution < -0.4 is 5.32 Å². The highest BCUT2D eigenvalue weighted by Crippen LogP contribution is 2.33. The fourth-order valence-electron chi connectivity index (χ4n) is 1.61. The number of amides is 1. The van der Waals surface area contributed by atoms with Crippen molar-refractivity contribution in [1.29, 1.82) is 0 Å². The Hall–Kier alpha value is -1.76. The Bertz CT molecular complexity index is 595. The van der Waals surface area contributed by atoms with Gasteiger partial charge in [0.1, 0.15) is 0 Å². The molecule has 0 heterocycles. The number of hydrogen-bond donors (Lipinski definition) is 1. The Kier molecular flexibility index (Phi) is 6.04. The molecule has 0 aliphatic carbocycles. The molecular formula is C15H17ClF3NO3. The van der Waals surface area contributed by atoms with Crippen LogP contribution in [0.3, 0.4) is 0 Å². The number of benzene rings is 1. The zero-order valence-corrected chi connectivity index (χ0v) is 13.6. The van der Waals surface area contributed by atoms with Gasteiger partial charge in [0.05, 0.1) is 22.7 Å². The molecule has 4 nitrogen and oxygen atoms in total. The molecule has 0 aliphatic rings. The second-order valence-electron chi connectivity index (χ2n) is 6.14. The number of halogens is 4. The molecule has 8 heteroatoms. The van der Waals surface area contributed by atoms with Crippen molar-refractivity contribution in [2.24, 2.45) is 5.41 Å². The molecule has 1 amide bonds. The lowest BCUT2D eigenvalue weighted by molar-refractivity contribution is -0.149. The van der Waals surface area contributed by atoms with E-state index < -0.39 is 30.2 Å². The quantitative estimate of drug-likeness (QED) is 0.824. The van der Waals surface area contributed by atoms with Crippen LogP contribution in [-0.2, 0) is 20.5 Å². The highest BCUT2D eigenvalue weighted by molar-refractivity contribution is 6.33. The van der Waals surface area contributed by atoms with Gasteiger partial charge in [0.25, 0.3) is 5.91 Å². The molecule has 0 radical (unpaired) electrons. The first-order valence-corrected chi connectivity index (χ1v) is 7.08. The first-order chi connectivity index (χ1) is 10.4. The molecule has 128 valence electrons. The van der Waals surface area contributed by atoms with Crippen molar-refractivity contribution in [1.82, 2.24) is 0 Å². The molecular weight excluding hydrogens is 335 g/mol. The van der Waals surface area contributed by atoms with E-state index in [2.05, 4.69) is 5.32 Å². The standard InChI is InChI=1S/C15H17ClF3NO3/c1-14(2,3)7-13(22)23-8-12(21)20-11-6-9(15(17,18)19)4-5-10(11)16/h4-6H,7-8H2,1-3H3,(H,20,21). The van der Waals surface area contributed by atoms with Crippen molar-refractivity contribution in [3.63, 3.8) is 0 Å². The Morgan fingerprint density at radius 1 is 1.22 bits per heavy atom. The van der Waals surface area contributed by atoms with Crippen molar-refractivity contribution in [2.45, 2.75) is 33.4 Å². The zero-order valence-electron chi connectivity index (χ0n) is 12.9. The number of nitrogens with one attached hydrogen (secondary N) is 1. The van der Waals surface area contributed by atoms with E-state index in [1.807, 2.05) is 20.8 Å². The smallest absolute Gasteiger partial charge is 0.416 e. The summed E-state index contributed by atoms with van der Waals surface area (Å²) in [7, 11) is 0. The largest absolute Gasteiger partial charge is 0.456 e. The molecule has 0 aliphatic heterocycles. The van der Waals surface area contributed by atoms with Gasteiger partial charge >= 0.3 is 12.1 Å². The lowest BCUT2D eigenvalue weighted by Crippen LogP contribution is -2.23. The predicted molar refractivity (Wildman–Crippen MR) is 80.1 cm³/mol. The summed E-state index contributed by atoms with van der Waals surface area (Å²) in [6.45, 7) is 4.89. The predicted octanol–water partition coefficient (Wildman–Crippen LogP) is 4.28. The van der Waals surface area contributed by atoms with Crippen LogP contribution in [0.25, 0.3) is 0 Å². The first-order valence-electron chi connectivity index (χ1n) is 6.71. The van der Waals surface area contributed by atoms with Crippen molar-refractivity contribution < 1.29 is 27.5 Å². The molecule has 0 fully saturated rings. The third-order valence-electron chi connectivity index (χ3n) is 2.61. The van der Waals surface area contributed by atoms with E-state index in [0.29, 0.717) is 0 Å². The molecule has 0 atom stereocenters. The number of rotatable bonds is 4. The summed E-state index contributed by atoms with van der Waals surface area (Å²) < 4.78 is 42.6. The van der Waals surface area contributed by atoms with Gasteiger partial charge in [-0.1, -0.05) is 32.4 Å². The average Bonchev–Trinajstić information content (AvgIpc) is 2.35. The third kappa shape index (κ3) is 6.90. The number of alkyl halides is 3. The van der Waals surface area contributed by atoms with Crippen LogP contribution in [0.2, 0.25) is 5.02 Å². The molecule has 1 rings (SSSR count). The minimum absolute atomic E-state index is 0.0487. The van der Waals surface area contributed by atoms with Crippen LogP contribution in [-0.4, -0.2) is 18.5 Å². The van der Waals surface area contributed by atoms with E-state index >= 15 is 0 Å². The van der Waals surface area contributed by atoms with Gasteiger partial charge < -0.3 is 10.1 Å². The summed E-state index contributed by atoms with van der Waals surface area (Å²) in [5.41, 5.74) is -1.43. The fourth-order valence-corrected chi connectivity index (χ4v) is 1.78. The highest BCUT2D eigenvalue weighted by Gasteiger charge is 2.31. The second kappa shape index (κ2) is 7.21. The highest BCUT2D eigenvalue weighted by atomic mass is 35.5. The summed E-state index contributed by atoms with van der Waals surface area (Å²) >= 11 is 5.75. The summed E-state index contributed by atoms with van der Waals surface area (Å²) in [4.78, 5) is 23.2. The number of ether oxygens (including phenoxy) is 1. The van der Waals surface area contributed by atoms with Gasteiger partial charge in [0.2, 0.25) is 0 Å². The monoisotopic (exact) mass is 351 g/mol. The van der Waals surface area contributed by atoms with Crippen LogP contribution in [0, 0.1) is 5.41 Å². The van der Waals surface area contributed by atoms with Crippen molar-refractivity contribution in [3.05, 3.63) is 28.8 Å². The van der Waals surface area contributed by atoms with Gasteiger partial charge in [0.15, 0.2) is 6.61 Å². The van der Waals surface area contributed by atoms with Crippen molar-refractivity contribution in [3.8, 4) is 0 Å². The Balaban J connectivity index is 2.66. The van der Waals surface area contributed by atoms with Crippen LogP contribution >= 0.6 is 11.6 Å². The number of anilines is 1. The summed E-state index contributed by atoms with van der Waals surface area (Å²) in [5, 5.41) is 2.14. The van der Waals surface area contributed by atoms with Crippen LogP contribution in [0.5, 0.6) is 0 Å². The molecule has 0 unspecified atom stereocenters. The minimum Gasteiger partial charge on any atom is -0.456 e. The van der Waals surface area contributed by atoms with Crippen LogP contribution in [0.4, 0.5) is 18.9 Å². The topological polar surface area (TPSA) is 55.4 Å². The van der Waals surface area contributed by atoms with Gasteiger partial charge in [0, 0.05) is 0 Å². The summed E-state index contributed by atoms with van der Waals surface area (Å²) in [5.74, 6) is -1.34. The maximum Gasteiger partial charge on any atom is 0.416 e. The van der Waals surface area contributed by atoms with E-state index in [9.17, 15) is 22.8 Å². The molecule has 0 saturated heterocycles. The van der Waals surface area contributed by atoms with Gasteiger partial charge in [-0.25, -0.2) is 0 Å². The van der Waals surface area contributed by atoms with Crippen molar-refractivity contribution in [2.75, 3.05) is 11.9 Å². The normalized spacial score (nSPS) is 12.0. The molecule has 1 N–H and O–H groups in total. The Morgan fingerprint density at radius 2 is 1.83 bits per heavy atom. The van der Waals surface area contributed by atoms with Gasteiger partial charge in [-0.2, -0.15) is 13.2 Å². The fraction of sp³-hybridized carbons (Fsp3) is 0.467. The van der Waals surface area contributed by atoms with E-state index in [1.54, 1.807) is 0 Å². The zero-order chi connectivity index (χ0) is 17.8. The number of esters is 1. The SMILES string of the molecule is CC(C)(C)CC(=O)OCC(=O)Nc1cc(C(F)(F)F)ccc1Cl. The Labute approximate surface area is 137 Å². The molecule has 0 spiro atoms. The lowest BCUT2D eigenvalue weighted by Gasteiger charge is -2.16. The van der Waals surface area contributed by atoms with E-state index in [-0.39, 0.29) is 22.5 Å². The molecule has 23 heavy (non-hydrogen) atoms. The lowest BCUT2D eigenvalue weighted by atomic mass is 9.92. The third-order valence-corrected chi connectivity index (χ3v) is 2.94. The van der Waals surface area contributed by atoms with Gasteiger partial charge in [-0.15, -0.1) is 0 Å². The number of carbonyl (C=O) groups excluding carboxylic acids is 2. The first kappa shape index (κ1) is 19.3. The van der Waals surface area contributed by atoms with Crippen LogP contribution in [0.15, 0.2) is 18.2 Å². The molecule has 0 saturated carbocycles. The molecule has 1 aromatic rings. The minimum atomic E-state index is -4.55. The second-order valence-corrected chi connectivity index (χ2v) is 6.55.